The van der Waals surface area contributed by atoms with Crippen LogP contribution in [0.1, 0.15) is 39.1 Å². The smallest absolute Gasteiger partial charge is 0.262 e. The van der Waals surface area contributed by atoms with Crippen LogP contribution < -0.4 is 5.32 Å². The van der Waals surface area contributed by atoms with Crippen molar-refractivity contribution in [3.63, 3.8) is 0 Å². The first-order valence-corrected chi connectivity index (χ1v) is 10.3. The number of imide groups is 2. The standard InChI is InChI=1S/C22H16ClN5O4/c1-11-2-3-12(23)8-15(11)17-10-27(26-25-17)13-4-5-14-16(9-13)22(32)28(21(14)31)18-6-7-19(29)24-20(18)30/h2-5,8-10,18H,6-7H2,1H3,(H,24,29,30). The molecule has 1 fully saturated rings. The van der Waals surface area contributed by atoms with E-state index in [1.54, 1.807) is 30.5 Å². The zero-order valence-electron chi connectivity index (χ0n) is 16.8. The second-order valence-electron chi connectivity index (χ2n) is 7.68. The molecule has 2 aliphatic rings. The van der Waals surface area contributed by atoms with E-state index in [-0.39, 0.29) is 24.0 Å². The molecule has 0 spiro atoms. The third kappa shape index (κ3) is 3.18. The highest BCUT2D eigenvalue weighted by atomic mass is 35.5. The molecule has 2 aromatic carbocycles. The van der Waals surface area contributed by atoms with Crippen molar-refractivity contribution >= 4 is 35.2 Å². The number of nitrogens with zero attached hydrogens (tertiary/aromatic N) is 4. The van der Waals surface area contributed by atoms with Crippen LogP contribution in [0, 0.1) is 6.92 Å². The first-order valence-electron chi connectivity index (χ1n) is 9.88. The summed E-state index contributed by atoms with van der Waals surface area (Å²) in [5, 5.41) is 11.1. The lowest BCUT2D eigenvalue weighted by atomic mass is 10.0. The molecule has 1 saturated heterocycles. The summed E-state index contributed by atoms with van der Waals surface area (Å²) in [7, 11) is 0. The van der Waals surface area contributed by atoms with Gasteiger partial charge in [-0.05, 0) is 49.2 Å². The number of aromatic nitrogens is 3. The molecule has 0 bridgehead atoms. The van der Waals surface area contributed by atoms with Crippen molar-refractivity contribution in [2.75, 3.05) is 0 Å². The van der Waals surface area contributed by atoms with Crippen LogP contribution in [-0.4, -0.2) is 49.6 Å². The Kier molecular flexibility index (Phi) is 4.63. The van der Waals surface area contributed by atoms with Gasteiger partial charge in [0, 0.05) is 17.0 Å². The molecule has 10 heteroatoms. The molecule has 32 heavy (non-hydrogen) atoms. The molecule has 0 radical (unpaired) electrons. The molecule has 1 unspecified atom stereocenters. The minimum Gasteiger partial charge on any atom is -0.295 e. The number of carbonyl (C=O) groups excluding carboxylic acids is 4. The SMILES string of the molecule is Cc1ccc(Cl)cc1-c1cn(-c2ccc3c(c2)C(=O)N(C2CCC(=O)NC2=O)C3=O)nn1. The number of benzene rings is 2. The van der Waals surface area contributed by atoms with Crippen LogP contribution >= 0.6 is 11.6 Å². The van der Waals surface area contributed by atoms with Crippen LogP contribution in [0.3, 0.4) is 0 Å². The van der Waals surface area contributed by atoms with Crippen LogP contribution in [0.2, 0.25) is 5.02 Å². The van der Waals surface area contributed by atoms with Gasteiger partial charge in [-0.1, -0.05) is 22.9 Å². The first kappa shape index (κ1) is 20.1. The molecule has 3 heterocycles. The average molecular weight is 450 g/mol. The van der Waals surface area contributed by atoms with Crippen LogP contribution in [0.5, 0.6) is 0 Å². The number of nitrogens with one attached hydrogen (secondary N) is 1. The quantitative estimate of drug-likeness (QED) is 0.613. The number of amides is 4. The fourth-order valence-electron chi connectivity index (χ4n) is 3.99. The van der Waals surface area contributed by atoms with Crippen molar-refractivity contribution in [3.8, 4) is 16.9 Å². The van der Waals surface area contributed by atoms with Crippen molar-refractivity contribution in [1.29, 1.82) is 0 Å². The summed E-state index contributed by atoms with van der Waals surface area (Å²) in [6.45, 7) is 1.94. The van der Waals surface area contributed by atoms with E-state index < -0.39 is 29.7 Å². The molecule has 4 amide bonds. The van der Waals surface area contributed by atoms with Gasteiger partial charge in [0.2, 0.25) is 11.8 Å². The van der Waals surface area contributed by atoms with Crippen LogP contribution in [-0.2, 0) is 9.59 Å². The van der Waals surface area contributed by atoms with Gasteiger partial charge in [0.25, 0.3) is 11.8 Å². The van der Waals surface area contributed by atoms with E-state index in [2.05, 4.69) is 15.6 Å². The van der Waals surface area contributed by atoms with E-state index in [1.165, 1.54) is 10.7 Å². The van der Waals surface area contributed by atoms with E-state index in [0.29, 0.717) is 16.4 Å². The third-order valence-corrected chi connectivity index (χ3v) is 5.89. The van der Waals surface area contributed by atoms with Gasteiger partial charge in [0.1, 0.15) is 11.7 Å². The summed E-state index contributed by atoms with van der Waals surface area (Å²) < 4.78 is 1.50. The highest BCUT2D eigenvalue weighted by molar-refractivity contribution is 6.30. The summed E-state index contributed by atoms with van der Waals surface area (Å²) in [6, 6.07) is 9.21. The van der Waals surface area contributed by atoms with Crippen LogP contribution in [0.25, 0.3) is 16.9 Å². The molecule has 1 aromatic heterocycles. The lowest BCUT2D eigenvalue weighted by Gasteiger charge is -2.27. The van der Waals surface area contributed by atoms with Crippen LogP contribution in [0.4, 0.5) is 0 Å². The van der Waals surface area contributed by atoms with Crippen molar-refractivity contribution in [2.45, 2.75) is 25.8 Å². The summed E-state index contributed by atoms with van der Waals surface area (Å²) in [4.78, 5) is 50.4. The maximum absolute atomic E-state index is 13.0. The zero-order chi connectivity index (χ0) is 22.6. The molecule has 3 aromatic rings. The number of hydrogen-bond acceptors (Lipinski definition) is 6. The van der Waals surface area contributed by atoms with E-state index >= 15 is 0 Å². The maximum Gasteiger partial charge on any atom is 0.262 e. The van der Waals surface area contributed by atoms with E-state index in [0.717, 1.165) is 16.0 Å². The number of hydrogen-bond donors (Lipinski definition) is 1. The lowest BCUT2D eigenvalue weighted by Crippen LogP contribution is -2.54. The molecule has 0 saturated carbocycles. The van der Waals surface area contributed by atoms with Gasteiger partial charge in [-0.3, -0.25) is 29.4 Å². The minimum atomic E-state index is -1.01. The van der Waals surface area contributed by atoms with E-state index in [9.17, 15) is 19.2 Å². The maximum atomic E-state index is 13.0. The summed E-state index contributed by atoms with van der Waals surface area (Å²) in [5.41, 5.74) is 3.34. The van der Waals surface area contributed by atoms with Gasteiger partial charge >= 0.3 is 0 Å². The molecule has 5 rings (SSSR count). The third-order valence-electron chi connectivity index (χ3n) is 5.66. The fraction of sp³-hybridized carbons (Fsp3) is 0.182. The Labute approximate surface area is 187 Å². The number of rotatable bonds is 3. The lowest BCUT2D eigenvalue weighted by molar-refractivity contribution is -0.136. The van der Waals surface area contributed by atoms with E-state index in [1.807, 2.05) is 13.0 Å². The predicted molar refractivity (Wildman–Crippen MR) is 113 cm³/mol. The Hall–Kier alpha value is -3.85. The van der Waals surface area contributed by atoms with Crippen molar-refractivity contribution in [1.82, 2.24) is 25.2 Å². The largest absolute Gasteiger partial charge is 0.295 e. The number of carbonyl (C=O) groups is 4. The number of aryl methyl sites for hydroxylation is 1. The Morgan fingerprint density at radius 1 is 1.00 bits per heavy atom. The van der Waals surface area contributed by atoms with Gasteiger partial charge in [-0.2, -0.15) is 0 Å². The van der Waals surface area contributed by atoms with Gasteiger partial charge in [0.05, 0.1) is 23.0 Å². The van der Waals surface area contributed by atoms with Crippen molar-refractivity contribution in [3.05, 3.63) is 64.3 Å². The van der Waals surface area contributed by atoms with E-state index in [4.69, 9.17) is 11.6 Å². The Morgan fingerprint density at radius 2 is 1.78 bits per heavy atom. The minimum absolute atomic E-state index is 0.0692. The molecule has 1 atom stereocenters. The second kappa shape index (κ2) is 7.38. The first-order chi connectivity index (χ1) is 15.3. The monoisotopic (exact) mass is 449 g/mol. The average Bonchev–Trinajstić information content (AvgIpc) is 3.34. The predicted octanol–water partition coefficient (Wildman–Crippen LogP) is 2.30. The van der Waals surface area contributed by atoms with Gasteiger partial charge < -0.3 is 0 Å². The Balaban J connectivity index is 1.47. The highest BCUT2D eigenvalue weighted by Crippen LogP contribution is 2.30. The zero-order valence-corrected chi connectivity index (χ0v) is 17.6. The van der Waals surface area contributed by atoms with Gasteiger partial charge in [-0.25, -0.2) is 4.68 Å². The number of piperidine rings is 1. The highest BCUT2D eigenvalue weighted by Gasteiger charge is 2.44. The second-order valence-corrected chi connectivity index (χ2v) is 8.12. The number of halogens is 1. The van der Waals surface area contributed by atoms with Crippen molar-refractivity contribution < 1.29 is 19.2 Å². The molecular weight excluding hydrogens is 434 g/mol. The molecular formula is C22H16ClN5O4. The van der Waals surface area contributed by atoms with Crippen LogP contribution in [0.15, 0.2) is 42.6 Å². The summed E-state index contributed by atoms with van der Waals surface area (Å²) in [5.74, 6) is -2.19. The topological polar surface area (TPSA) is 114 Å². The fourth-order valence-corrected chi connectivity index (χ4v) is 4.16. The molecule has 1 N–H and O–H groups in total. The molecule has 160 valence electrons. The molecule has 0 aliphatic carbocycles. The normalized spacial score (nSPS) is 18.2. The molecule has 2 aliphatic heterocycles. The Bertz CT molecular complexity index is 1330. The van der Waals surface area contributed by atoms with Crippen molar-refractivity contribution in [2.24, 2.45) is 0 Å². The summed E-state index contributed by atoms with van der Waals surface area (Å²) >= 11 is 6.10. The summed E-state index contributed by atoms with van der Waals surface area (Å²) in [6.07, 6.45) is 1.88. The van der Waals surface area contributed by atoms with Gasteiger partial charge in [-0.15, -0.1) is 5.10 Å². The number of fused-ring (bicyclic) bond motifs is 1. The van der Waals surface area contributed by atoms with Gasteiger partial charge in [0.15, 0.2) is 0 Å². The molecule has 9 nitrogen and oxygen atoms in total. The Morgan fingerprint density at radius 3 is 2.56 bits per heavy atom.